The van der Waals surface area contributed by atoms with E-state index in [0.717, 1.165) is 15.4 Å². The van der Waals surface area contributed by atoms with Crippen LogP contribution in [0.15, 0.2) is 70.5 Å². The van der Waals surface area contributed by atoms with Gasteiger partial charge in [-0.2, -0.15) is 0 Å². The standard InChI is InChI=1S/C13H12OS/c14-11-15(12-7-3-1-4-8-12)13-9-5-2-6-10-13/h1-11,15H. The van der Waals surface area contributed by atoms with Crippen molar-refractivity contribution in [1.29, 1.82) is 0 Å². The first-order valence-corrected chi connectivity index (χ1v) is 6.17. The number of benzene rings is 2. The van der Waals surface area contributed by atoms with Crippen molar-refractivity contribution in [3.63, 3.8) is 0 Å². The molecule has 0 aliphatic rings. The van der Waals surface area contributed by atoms with Gasteiger partial charge in [-0.1, -0.05) is 36.4 Å². The molecule has 0 saturated heterocycles. The topological polar surface area (TPSA) is 17.1 Å². The highest BCUT2D eigenvalue weighted by Gasteiger charge is 2.06. The third-order valence-corrected chi connectivity index (χ3v) is 4.09. The van der Waals surface area contributed by atoms with Gasteiger partial charge in [0.1, 0.15) is 0 Å². The lowest BCUT2D eigenvalue weighted by molar-refractivity contribution is 0.569. The van der Waals surface area contributed by atoms with Crippen LogP contribution in [0.2, 0.25) is 0 Å². The molecule has 0 N–H and O–H groups in total. The molecule has 0 heterocycles. The summed E-state index contributed by atoms with van der Waals surface area (Å²) in [4.78, 5) is 13.3. The van der Waals surface area contributed by atoms with Crippen molar-refractivity contribution in [2.24, 2.45) is 0 Å². The first-order chi connectivity index (χ1) is 7.42. The van der Waals surface area contributed by atoms with Gasteiger partial charge in [0.25, 0.3) is 0 Å². The molecular weight excluding hydrogens is 204 g/mol. The molecule has 2 aromatic rings. The van der Waals surface area contributed by atoms with Gasteiger partial charge in [-0.05, 0) is 34.1 Å². The van der Waals surface area contributed by atoms with E-state index in [-0.39, 0.29) is 0 Å². The Morgan fingerprint density at radius 2 is 1.13 bits per heavy atom. The van der Waals surface area contributed by atoms with Crippen LogP contribution in [0.3, 0.4) is 0 Å². The van der Waals surface area contributed by atoms with E-state index in [1.165, 1.54) is 0 Å². The molecule has 0 fully saturated rings. The fourth-order valence-corrected chi connectivity index (χ4v) is 2.98. The number of hydrogen-bond donors (Lipinski definition) is 1. The molecular formula is C13H12OS. The fourth-order valence-electron chi connectivity index (χ4n) is 1.45. The van der Waals surface area contributed by atoms with Crippen molar-refractivity contribution in [3.05, 3.63) is 60.7 Å². The molecule has 15 heavy (non-hydrogen) atoms. The van der Waals surface area contributed by atoms with Crippen LogP contribution in [-0.4, -0.2) is 5.62 Å². The van der Waals surface area contributed by atoms with Crippen LogP contribution in [0.4, 0.5) is 0 Å². The highest BCUT2D eigenvalue weighted by atomic mass is 32.2. The zero-order chi connectivity index (χ0) is 10.5. The molecule has 0 bridgehead atoms. The second-order valence-electron chi connectivity index (χ2n) is 3.15. The Bertz CT molecular complexity index is 385. The molecule has 0 radical (unpaired) electrons. The smallest absolute Gasteiger partial charge is 0.164 e. The second kappa shape index (κ2) is 4.80. The molecule has 2 rings (SSSR count). The number of hydrogen-bond acceptors (Lipinski definition) is 1. The predicted molar refractivity (Wildman–Crippen MR) is 65.2 cm³/mol. The molecule has 0 amide bonds. The summed E-state index contributed by atoms with van der Waals surface area (Å²) in [5.41, 5.74) is 1.06. The third-order valence-electron chi connectivity index (χ3n) is 2.17. The zero-order valence-electron chi connectivity index (χ0n) is 8.21. The van der Waals surface area contributed by atoms with E-state index in [9.17, 15) is 4.79 Å². The monoisotopic (exact) mass is 216 g/mol. The quantitative estimate of drug-likeness (QED) is 0.615. The summed E-state index contributed by atoms with van der Waals surface area (Å²) in [5, 5.41) is 0. The molecule has 2 heteroatoms. The highest BCUT2D eigenvalue weighted by Crippen LogP contribution is 2.41. The van der Waals surface area contributed by atoms with E-state index >= 15 is 0 Å². The zero-order valence-corrected chi connectivity index (χ0v) is 9.10. The maximum absolute atomic E-state index is 11.1. The molecule has 76 valence electrons. The Balaban J connectivity index is 2.38. The predicted octanol–water partition coefficient (Wildman–Crippen LogP) is 3.30. The van der Waals surface area contributed by atoms with Gasteiger partial charge in [0.2, 0.25) is 0 Å². The van der Waals surface area contributed by atoms with Crippen LogP contribution in [-0.2, 0) is 4.79 Å². The molecule has 0 saturated carbocycles. The van der Waals surface area contributed by atoms with E-state index in [4.69, 9.17) is 0 Å². The first-order valence-electron chi connectivity index (χ1n) is 4.76. The summed E-state index contributed by atoms with van der Waals surface area (Å²) in [5.74, 6) is 0. The number of thiol groups is 1. The van der Waals surface area contributed by atoms with Crippen molar-refractivity contribution in [2.75, 3.05) is 0 Å². The average molecular weight is 216 g/mol. The lowest BCUT2D eigenvalue weighted by Crippen LogP contribution is -1.85. The van der Waals surface area contributed by atoms with Gasteiger partial charge in [-0.3, -0.25) is 4.79 Å². The van der Waals surface area contributed by atoms with Gasteiger partial charge >= 0.3 is 0 Å². The van der Waals surface area contributed by atoms with Crippen molar-refractivity contribution in [1.82, 2.24) is 0 Å². The van der Waals surface area contributed by atoms with Gasteiger partial charge in [0.05, 0.1) is 0 Å². The summed E-state index contributed by atoms with van der Waals surface area (Å²) in [6.45, 7) is 0. The van der Waals surface area contributed by atoms with E-state index in [1.807, 2.05) is 60.7 Å². The summed E-state index contributed by atoms with van der Waals surface area (Å²) in [6, 6.07) is 19.8. The van der Waals surface area contributed by atoms with Crippen LogP contribution in [0.1, 0.15) is 0 Å². The molecule has 0 atom stereocenters. The number of rotatable bonds is 3. The molecule has 0 aromatic heterocycles. The SMILES string of the molecule is O=C[SH](c1ccccc1)c1ccccc1. The Kier molecular flexibility index (Phi) is 3.20. The van der Waals surface area contributed by atoms with Gasteiger partial charge in [0, 0.05) is 0 Å². The van der Waals surface area contributed by atoms with Crippen LogP contribution in [0.5, 0.6) is 0 Å². The Labute approximate surface area is 92.1 Å². The summed E-state index contributed by atoms with van der Waals surface area (Å²) in [7, 11) is -0.829. The molecule has 0 unspecified atom stereocenters. The highest BCUT2D eigenvalue weighted by molar-refractivity contribution is 8.28. The maximum atomic E-state index is 11.1. The summed E-state index contributed by atoms with van der Waals surface area (Å²) < 4.78 is 0. The normalized spacial score (nSPS) is 10.8. The van der Waals surface area contributed by atoms with E-state index in [2.05, 4.69) is 0 Å². The minimum atomic E-state index is -0.829. The van der Waals surface area contributed by atoms with Crippen molar-refractivity contribution < 1.29 is 4.79 Å². The third kappa shape index (κ3) is 2.28. The van der Waals surface area contributed by atoms with Gasteiger partial charge in [0.15, 0.2) is 5.62 Å². The Morgan fingerprint density at radius 1 is 0.733 bits per heavy atom. The number of carbonyl (C=O) groups excluding carboxylic acids is 1. The summed E-state index contributed by atoms with van der Waals surface area (Å²) >= 11 is 0. The average Bonchev–Trinajstić information content (AvgIpc) is 2.33. The van der Waals surface area contributed by atoms with Crippen LogP contribution in [0.25, 0.3) is 0 Å². The van der Waals surface area contributed by atoms with E-state index < -0.39 is 10.9 Å². The van der Waals surface area contributed by atoms with Crippen LogP contribution < -0.4 is 0 Å². The summed E-state index contributed by atoms with van der Waals surface area (Å²) in [6.07, 6.45) is 0. The minimum absolute atomic E-state index is 0.829. The van der Waals surface area contributed by atoms with Gasteiger partial charge < -0.3 is 0 Å². The van der Waals surface area contributed by atoms with E-state index in [0.29, 0.717) is 0 Å². The molecule has 0 aliphatic heterocycles. The fraction of sp³-hybridized carbons (Fsp3) is 0. The lowest BCUT2D eigenvalue weighted by atomic mass is 10.4. The first kappa shape index (κ1) is 9.99. The lowest BCUT2D eigenvalue weighted by Gasteiger charge is -2.14. The van der Waals surface area contributed by atoms with Gasteiger partial charge in [-0.15, -0.1) is 10.9 Å². The van der Waals surface area contributed by atoms with Crippen molar-refractivity contribution in [2.45, 2.75) is 9.79 Å². The van der Waals surface area contributed by atoms with Crippen molar-refractivity contribution >= 4 is 16.5 Å². The van der Waals surface area contributed by atoms with Gasteiger partial charge in [-0.25, -0.2) is 0 Å². The minimum Gasteiger partial charge on any atom is -0.292 e. The maximum Gasteiger partial charge on any atom is 0.164 e. The van der Waals surface area contributed by atoms with Crippen LogP contribution >= 0.6 is 10.9 Å². The largest absolute Gasteiger partial charge is 0.292 e. The van der Waals surface area contributed by atoms with Crippen molar-refractivity contribution in [3.8, 4) is 0 Å². The second-order valence-corrected chi connectivity index (χ2v) is 5.13. The molecule has 1 nitrogen and oxygen atoms in total. The number of carbonyl (C=O) groups is 1. The van der Waals surface area contributed by atoms with Crippen LogP contribution in [0, 0.1) is 0 Å². The molecule has 0 aliphatic carbocycles. The molecule has 0 spiro atoms. The molecule has 2 aromatic carbocycles. The Morgan fingerprint density at radius 3 is 1.47 bits per heavy atom. The Hall–Kier alpha value is -1.54. The van der Waals surface area contributed by atoms with E-state index in [1.54, 1.807) is 0 Å².